The normalized spacial score (nSPS) is 23.6. The summed E-state index contributed by atoms with van der Waals surface area (Å²) in [6, 6.07) is 0.230. The minimum Gasteiger partial charge on any atom is -0.435 e. The molecule has 0 aliphatic heterocycles. The molecule has 0 unspecified atom stereocenters. The SMILES string of the molecule is CC(=O)C1(OC(=O)NC2CCCCC2)CCCCC1. The largest absolute Gasteiger partial charge is 0.435 e. The Morgan fingerprint density at radius 3 is 2.16 bits per heavy atom. The first-order valence-corrected chi connectivity index (χ1v) is 7.63. The van der Waals surface area contributed by atoms with E-state index in [0.29, 0.717) is 12.8 Å². The Hall–Kier alpha value is -1.06. The molecular weight excluding hydrogens is 242 g/mol. The van der Waals surface area contributed by atoms with E-state index in [1.807, 2.05) is 0 Å². The molecule has 2 rings (SSSR count). The third kappa shape index (κ3) is 3.71. The lowest BCUT2D eigenvalue weighted by Gasteiger charge is -2.35. The first-order chi connectivity index (χ1) is 9.12. The van der Waals surface area contributed by atoms with Gasteiger partial charge in [-0.2, -0.15) is 0 Å². The van der Waals surface area contributed by atoms with E-state index in [0.717, 1.165) is 32.1 Å². The second-order valence-corrected chi connectivity index (χ2v) is 5.98. The number of ether oxygens (including phenoxy) is 1. The number of carbonyl (C=O) groups is 2. The van der Waals surface area contributed by atoms with Gasteiger partial charge in [0.2, 0.25) is 0 Å². The number of Topliss-reactive ketones (excluding diaryl/α,β-unsaturated/α-hetero) is 1. The Balaban J connectivity index is 1.89. The number of ketones is 1. The molecule has 0 heterocycles. The molecule has 19 heavy (non-hydrogen) atoms. The molecule has 1 N–H and O–H groups in total. The molecule has 0 saturated heterocycles. The highest BCUT2D eigenvalue weighted by atomic mass is 16.6. The van der Waals surface area contributed by atoms with Crippen LogP contribution in [0.4, 0.5) is 4.79 Å². The van der Waals surface area contributed by atoms with Crippen LogP contribution in [-0.4, -0.2) is 23.5 Å². The van der Waals surface area contributed by atoms with Crippen molar-refractivity contribution in [3.8, 4) is 0 Å². The molecule has 0 atom stereocenters. The molecule has 1 amide bonds. The third-order valence-electron chi connectivity index (χ3n) is 4.52. The molecule has 4 nitrogen and oxygen atoms in total. The van der Waals surface area contributed by atoms with Gasteiger partial charge >= 0.3 is 6.09 Å². The number of carbonyl (C=O) groups excluding carboxylic acids is 2. The highest BCUT2D eigenvalue weighted by Gasteiger charge is 2.40. The van der Waals surface area contributed by atoms with Gasteiger partial charge in [-0.3, -0.25) is 4.79 Å². The molecule has 4 heteroatoms. The first-order valence-electron chi connectivity index (χ1n) is 7.63. The fourth-order valence-corrected chi connectivity index (χ4v) is 3.27. The molecule has 0 spiro atoms. The number of amides is 1. The molecule has 108 valence electrons. The van der Waals surface area contributed by atoms with Gasteiger partial charge in [0.05, 0.1) is 0 Å². The summed E-state index contributed by atoms with van der Waals surface area (Å²) in [7, 11) is 0. The molecule has 0 aromatic carbocycles. The summed E-state index contributed by atoms with van der Waals surface area (Å²) < 4.78 is 5.54. The molecule has 2 aliphatic carbocycles. The molecule has 2 aliphatic rings. The second kappa shape index (κ2) is 6.40. The van der Waals surface area contributed by atoms with Crippen LogP contribution in [0.2, 0.25) is 0 Å². The molecule has 0 bridgehead atoms. The van der Waals surface area contributed by atoms with Gasteiger partial charge < -0.3 is 10.1 Å². The highest BCUT2D eigenvalue weighted by molar-refractivity contribution is 5.87. The Labute approximate surface area is 115 Å². The van der Waals surface area contributed by atoms with Crippen molar-refractivity contribution in [1.29, 1.82) is 0 Å². The molecule has 0 aromatic heterocycles. The lowest BCUT2D eigenvalue weighted by molar-refractivity contribution is -0.138. The second-order valence-electron chi connectivity index (χ2n) is 5.98. The van der Waals surface area contributed by atoms with Crippen molar-refractivity contribution in [1.82, 2.24) is 5.32 Å². The molecule has 2 fully saturated rings. The van der Waals surface area contributed by atoms with E-state index in [4.69, 9.17) is 4.74 Å². The lowest BCUT2D eigenvalue weighted by atomic mass is 9.82. The third-order valence-corrected chi connectivity index (χ3v) is 4.52. The Morgan fingerprint density at radius 1 is 1.00 bits per heavy atom. The smallest absolute Gasteiger partial charge is 0.408 e. The van der Waals surface area contributed by atoms with Crippen molar-refractivity contribution in [2.24, 2.45) is 0 Å². The maximum absolute atomic E-state index is 12.0. The number of nitrogens with one attached hydrogen (secondary N) is 1. The summed E-state index contributed by atoms with van der Waals surface area (Å²) in [4.78, 5) is 23.8. The van der Waals surface area contributed by atoms with Crippen LogP contribution in [0.1, 0.15) is 71.1 Å². The zero-order valence-electron chi connectivity index (χ0n) is 11.9. The summed E-state index contributed by atoms with van der Waals surface area (Å²) in [6.07, 6.45) is 9.68. The van der Waals surface area contributed by atoms with Gasteiger partial charge in [-0.05, 0) is 45.4 Å². The number of hydrogen-bond donors (Lipinski definition) is 1. The topological polar surface area (TPSA) is 55.4 Å². The van der Waals surface area contributed by atoms with Gasteiger partial charge in [-0.25, -0.2) is 4.79 Å². The maximum atomic E-state index is 12.0. The van der Waals surface area contributed by atoms with Crippen LogP contribution in [0.5, 0.6) is 0 Å². The maximum Gasteiger partial charge on any atom is 0.408 e. The zero-order valence-corrected chi connectivity index (χ0v) is 11.9. The summed E-state index contributed by atoms with van der Waals surface area (Å²) in [5.41, 5.74) is -0.850. The highest BCUT2D eigenvalue weighted by Crippen LogP contribution is 2.32. The van der Waals surface area contributed by atoms with E-state index >= 15 is 0 Å². The molecule has 0 aromatic rings. The van der Waals surface area contributed by atoms with Gasteiger partial charge in [0.25, 0.3) is 0 Å². The van der Waals surface area contributed by atoms with Crippen molar-refractivity contribution >= 4 is 11.9 Å². The summed E-state index contributed by atoms with van der Waals surface area (Å²) >= 11 is 0. The van der Waals surface area contributed by atoms with Crippen molar-refractivity contribution in [3.63, 3.8) is 0 Å². The molecule has 2 saturated carbocycles. The van der Waals surface area contributed by atoms with Crippen molar-refractivity contribution in [2.45, 2.75) is 82.8 Å². The van der Waals surface area contributed by atoms with Crippen LogP contribution < -0.4 is 5.32 Å². The van der Waals surface area contributed by atoms with Crippen LogP contribution >= 0.6 is 0 Å². The number of alkyl carbamates (subject to hydrolysis) is 1. The van der Waals surface area contributed by atoms with Gasteiger partial charge in [-0.1, -0.05) is 25.7 Å². The van der Waals surface area contributed by atoms with Crippen molar-refractivity contribution in [2.75, 3.05) is 0 Å². The monoisotopic (exact) mass is 267 g/mol. The minimum atomic E-state index is -0.850. The average molecular weight is 267 g/mol. The zero-order chi connectivity index (χ0) is 13.7. The number of rotatable bonds is 3. The van der Waals surface area contributed by atoms with Gasteiger partial charge in [0, 0.05) is 6.04 Å². The van der Waals surface area contributed by atoms with Gasteiger partial charge in [-0.15, -0.1) is 0 Å². The van der Waals surface area contributed by atoms with E-state index in [9.17, 15) is 9.59 Å². The van der Waals surface area contributed by atoms with E-state index in [1.54, 1.807) is 6.92 Å². The predicted octanol–water partition coefficient (Wildman–Crippen LogP) is 3.34. The standard InChI is InChI=1S/C15H25NO3/c1-12(17)15(10-6-3-7-11-15)19-14(18)16-13-8-4-2-5-9-13/h13H,2-11H2,1H3,(H,16,18). The van der Waals surface area contributed by atoms with Crippen LogP contribution in [0.25, 0.3) is 0 Å². The lowest BCUT2D eigenvalue weighted by Crippen LogP contribution is -2.48. The van der Waals surface area contributed by atoms with Crippen LogP contribution in [0.3, 0.4) is 0 Å². The molecular formula is C15H25NO3. The molecule has 0 radical (unpaired) electrons. The Morgan fingerprint density at radius 2 is 1.58 bits per heavy atom. The van der Waals surface area contributed by atoms with Gasteiger partial charge in [0.15, 0.2) is 11.4 Å². The van der Waals surface area contributed by atoms with Crippen LogP contribution in [0.15, 0.2) is 0 Å². The van der Waals surface area contributed by atoms with E-state index in [1.165, 1.54) is 19.3 Å². The summed E-state index contributed by atoms with van der Waals surface area (Å²) in [5, 5.41) is 2.93. The van der Waals surface area contributed by atoms with Crippen LogP contribution in [0, 0.1) is 0 Å². The van der Waals surface area contributed by atoms with Gasteiger partial charge in [0.1, 0.15) is 0 Å². The fourth-order valence-electron chi connectivity index (χ4n) is 3.27. The summed E-state index contributed by atoms with van der Waals surface area (Å²) in [6.45, 7) is 1.54. The fraction of sp³-hybridized carbons (Fsp3) is 0.867. The van der Waals surface area contributed by atoms with E-state index < -0.39 is 11.7 Å². The van der Waals surface area contributed by atoms with Crippen molar-refractivity contribution in [3.05, 3.63) is 0 Å². The van der Waals surface area contributed by atoms with Crippen LogP contribution in [-0.2, 0) is 9.53 Å². The number of hydrogen-bond acceptors (Lipinski definition) is 3. The summed E-state index contributed by atoms with van der Waals surface area (Å²) in [5.74, 6) is -0.00834. The van der Waals surface area contributed by atoms with E-state index in [2.05, 4.69) is 5.32 Å². The Kier molecular flexibility index (Phi) is 4.83. The first kappa shape index (κ1) is 14.4. The predicted molar refractivity (Wildman–Crippen MR) is 73.0 cm³/mol. The van der Waals surface area contributed by atoms with Crippen molar-refractivity contribution < 1.29 is 14.3 Å². The van der Waals surface area contributed by atoms with E-state index in [-0.39, 0.29) is 11.8 Å². The minimum absolute atomic E-state index is 0.00834. The Bertz CT molecular complexity index is 328. The average Bonchev–Trinajstić information content (AvgIpc) is 2.40. The quantitative estimate of drug-likeness (QED) is 0.853.